The van der Waals surface area contributed by atoms with E-state index in [4.69, 9.17) is 10.5 Å². The number of benzene rings is 2. The molecule has 4 nitrogen and oxygen atoms in total. The van der Waals surface area contributed by atoms with Crippen molar-refractivity contribution >= 4 is 11.6 Å². The molecule has 0 aliphatic rings. The van der Waals surface area contributed by atoms with Crippen molar-refractivity contribution < 1.29 is 9.53 Å². The van der Waals surface area contributed by atoms with Crippen molar-refractivity contribution in [3.05, 3.63) is 59.7 Å². The van der Waals surface area contributed by atoms with Crippen LogP contribution < -0.4 is 10.5 Å². The summed E-state index contributed by atoms with van der Waals surface area (Å²) in [6.07, 6.45) is 0. The lowest BCUT2D eigenvalue weighted by atomic mass is 10.1. The van der Waals surface area contributed by atoms with Gasteiger partial charge in [0.25, 0.3) is 5.91 Å². The highest BCUT2D eigenvalue weighted by Gasteiger charge is 2.19. The van der Waals surface area contributed by atoms with Crippen LogP contribution in [0.4, 0.5) is 5.69 Å². The van der Waals surface area contributed by atoms with E-state index in [-0.39, 0.29) is 5.91 Å². The lowest BCUT2D eigenvalue weighted by Crippen LogP contribution is -2.30. The lowest BCUT2D eigenvalue weighted by Gasteiger charge is -2.22. The predicted octanol–water partition coefficient (Wildman–Crippen LogP) is 2.94. The maximum absolute atomic E-state index is 12.7. The standard InChI is InChI=1S/C17H20N2O2/c1-3-19(12-13-8-5-4-6-9-13)17(20)14-10-7-11-15(18)16(14)21-2/h4-11H,3,12,18H2,1-2H3. The summed E-state index contributed by atoms with van der Waals surface area (Å²) in [5.74, 6) is 0.361. The Labute approximate surface area is 125 Å². The Hall–Kier alpha value is -2.49. The Bertz CT molecular complexity index is 611. The van der Waals surface area contributed by atoms with Crippen molar-refractivity contribution in [3.63, 3.8) is 0 Å². The third kappa shape index (κ3) is 3.34. The Balaban J connectivity index is 2.27. The van der Waals surface area contributed by atoms with Gasteiger partial charge in [0.05, 0.1) is 18.4 Å². The van der Waals surface area contributed by atoms with E-state index in [0.29, 0.717) is 30.1 Å². The Morgan fingerprint density at radius 3 is 2.48 bits per heavy atom. The topological polar surface area (TPSA) is 55.6 Å². The molecule has 0 radical (unpaired) electrons. The minimum Gasteiger partial charge on any atom is -0.494 e. The molecule has 110 valence electrons. The van der Waals surface area contributed by atoms with Gasteiger partial charge in [-0.2, -0.15) is 0 Å². The molecule has 2 N–H and O–H groups in total. The fourth-order valence-corrected chi connectivity index (χ4v) is 2.25. The summed E-state index contributed by atoms with van der Waals surface area (Å²) in [7, 11) is 1.52. The fourth-order valence-electron chi connectivity index (χ4n) is 2.25. The number of anilines is 1. The van der Waals surface area contributed by atoms with Crippen LogP contribution in [-0.2, 0) is 6.54 Å². The number of carbonyl (C=O) groups is 1. The normalized spacial score (nSPS) is 10.2. The van der Waals surface area contributed by atoms with Gasteiger partial charge < -0.3 is 15.4 Å². The van der Waals surface area contributed by atoms with E-state index in [1.807, 2.05) is 37.3 Å². The number of methoxy groups -OCH3 is 1. The van der Waals surface area contributed by atoms with Crippen LogP contribution in [0.2, 0.25) is 0 Å². The smallest absolute Gasteiger partial charge is 0.257 e. The monoisotopic (exact) mass is 284 g/mol. The molecule has 0 aliphatic carbocycles. The van der Waals surface area contributed by atoms with Crippen LogP contribution in [0, 0.1) is 0 Å². The number of para-hydroxylation sites is 1. The number of nitrogens with zero attached hydrogens (tertiary/aromatic N) is 1. The first-order valence-electron chi connectivity index (χ1n) is 6.93. The first-order chi connectivity index (χ1) is 10.2. The molecule has 21 heavy (non-hydrogen) atoms. The van der Waals surface area contributed by atoms with Gasteiger partial charge in [-0.1, -0.05) is 36.4 Å². The third-order valence-electron chi connectivity index (χ3n) is 3.37. The second-order valence-electron chi connectivity index (χ2n) is 4.73. The third-order valence-corrected chi connectivity index (χ3v) is 3.37. The molecule has 0 atom stereocenters. The Kier molecular flexibility index (Phi) is 4.82. The average Bonchev–Trinajstić information content (AvgIpc) is 2.52. The van der Waals surface area contributed by atoms with Gasteiger partial charge in [-0.3, -0.25) is 4.79 Å². The van der Waals surface area contributed by atoms with Crippen molar-refractivity contribution in [2.24, 2.45) is 0 Å². The van der Waals surface area contributed by atoms with Gasteiger partial charge >= 0.3 is 0 Å². The van der Waals surface area contributed by atoms with Crippen LogP contribution in [0.3, 0.4) is 0 Å². The first-order valence-corrected chi connectivity index (χ1v) is 6.93. The number of hydrogen-bond donors (Lipinski definition) is 1. The molecule has 2 aromatic rings. The summed E-state index contributed by atoms with van der Waals surface area (Å²) in [5, 5.41) is 0. The van der Waals surface area contributed by atoms with Crippen molar-refractivity contribution in [2.45, 2.75) is 13.5 Å². The molecule has 0 bridgehead atoms. The molecule has 0 spiro atoms. The molecule has 2 aromatic carbocycles. The van der Waals surface area contributed by atoms with E-state index < -0.39 is 0 Å². The predicted molar refractivity (Wildman–Crippen MR) is 84.3 cm³/mol. The van der Waals surface area contributed by atoms with Crippen LogP contribution >= 0.6 is 0 Å². The minimum atomic E-state index is -0.0782. The summed E-state index contributed by atoms with van der Waals surface area (Å²) in [6, 6.07) is 15.1. The van der Waals surface area contributed by atoms with Crippen LogP contribution in [0.5, 0.6) is 5.75 Å². The number of nitrogen functional groups attached to an aromatic ring is 1. The first kappa shape index (κ1) is 14.9. The average molecular weight is 284 g/mol. The molecule has 4 heteroatoms. The number of rotatable bonds is 5. The lowest BCUT2D eigenvalue weighted by molar-refractivity contribution is 0.0749. The molecule has 0 saturated carbocycles. The van der Waals surface area contributed by atoms with Crippen molar-refractivity contribution in [2.75, 3.05) is 19.4 Å². The number of ether oxygens (including phenoxy) is 1. The number of carbonyl (C=O) groups excluding carboxylic acids is 1. The zero-order chi connectivity index (χ0) is 15.2. The van der Waals surface area contributed by atoms with E-state index in [1.54, 1.807) is 23.1 Å². The summed E-state index contributed by atoms with van der Waals surface area (Å²) >= 11 is 0. The van der Waals surface area contributed by atoms with E-state index in [1.165, 1.54) is 7.11 Å². The number of hydrogen-bond acceptors (Lipinski definition) is 3. The number of amides is 1. The highest BCUT2D eigenvalue weighted by atomic mass is 16.5. The molecular weight excluding hydrogens is 264 g/mol. The molecule has 0 fully saturated rings. The summed E-state index contributed by atoms with van der Waals surface area (Å²) in [6.45, 7) is 3.14. The Morgan fingerprint density at radius 2 is 1.86 bits per heavy atom. The second-order valence-corrected chi connectivity index (χ2v) is 4.73. The molecule has 0 saturated heterocycles. The quantitative estimate of drug-likeness (QED) is 0.859. The molecule has 0 unspecified atom stereocenters. The van der Waals surface area contributed by atoms with Gasteiger partial charge in [0, 0.05) is 13.1 Å². The SMILES string of the molecule is CCN(Cc1ccccc1)C(=O)c1cccc(N)c1OC. The van der Waals surface area contributed by atoms with Crippen molar-refractivity contribution in [3.8, 4) is 5.75 Å². The van der Waals surface area contributed by atoms with Gasteiger partial charge in [0.2, 0.25) is 0 Å². The highest BCUT2D eigenvalue weighted by Crippen LogP contribution is 2.27. The Morgan fingerprint density at radius 1 is 1.14 bits per heavy atom. The zero-order valence-electron chi connectivity index (χ0n) is 12.4. The molecule has 2 rings (SSSR count). The summed E-state index contributed by atoms with van der Waals surface area (Å²) < 4.78 is 5.27. The van der Waals surface area contributed by atoms with Crippen LogP contribution in [0.1, 0.15) is 22.8 Å². The molecule has 1 amide bonds. The highest BCUT2D eigenvalue weighted by molar-refractivity contribution is 5.98. The molecule has 0 aliphatic heterocycles. The van der Waals surface area contributed by atoms with E-state index in [2.05, 4.69) is 0 Å². The van der Waals surface area contributed by atoms with Gasteiger partial charge in [0.1, 0.15) is 0 Å². The van der Waals surface area contributed by atoms with Crippen molar-refractivity contribution in [1.29, 1.82) is 0 Å². The molecule has 0 aromatic heterocycles. The maximum atomic E-state index is 12.7. The van der Waals surface area contributed by atoms with Gasteiger partial charge in [0.15, 0.2) is 5.75 Å². The van der Waals surface area contributed by atoms with E-state index in [0.717, 1.165) is 5.56 Å². The summed E-state index contributed by atoms with van der Waals surface area (Å²) in [4.78, 5) is 14.5. The largest absolute Gasteiger partial charge is 0.494 e. The zero-order valence-corrected chi connectivity index (χ0v) is 12.4. The molecule has 0 heterocycles. The fraction of sp³-hybridized carbons (Fsp3) is 0.235. The van der Waals surface area contributed by atoms with E-state index in [9.17, 15) is 4.79 Å². The van der Waals surface area contributed by atoms with Gasteiger partial charge in [-0.15, -0.1) is 0 Å². The van der Waals surface area contributed by atoms with Crippen LogP contribution in [-0.4, -0.2) is 24.5 Å². The van der Waals surface area contributed by atoms with Gasteiger partial charge in [-0.25, -0.2) is 0 Å². The van der Waals surface area contributed by atoms with Crippen LogP contribution in [0.25, 0.3) is 0 Å². The van der Waals surface area contributed by atoms with E-state index >= 15 is 0 Å². The summed E-state index contributed by atoms with van der Waals surface area (Å²) in [5.41, 5.74) is 7.93. The van der Waals surface area contributed by atoms with Crippen LogP contribution in [0.15, 0.2) is 48.5 Å². The molecular formula is C17H20N2O2. The van der Waals surface area contributed by atoms with Crippen molar-refractivity contribution in [1.82, 2.24) is 4.90 Å². The van der Waals surface area contributed by atoms with Gasteiger partial charge in [-0.05, 0) is 24.6 Å². The second kappa shape index (κ2) is 6.79. The maximum Gasteiger partial charge on any atom is 0.257 e. The minimum absolute atomic E-state index is 0.0782. The number of nitrogens with two attached hydrogens (primary N) is 1.